The second-order valence-electron chi connectivity index (χ2n) is 2.80. The van der Waals surface area contributed by atoms with Crippen molar-refractivity contribution >= 4 is 22.6 Å². The zero-order chi connectivity index (χ0) is 8.36. The molecular formula is C10H19I. The Morgan fingerprint density at radius 3 is 2.36 bits per heavy atom. The van der Waals surface area contributed by atoms with Gasteiger partial charge >= 0.3 is 0 Å². The van der Waals surface area contributed by atoms with Crippen LogP contribution in [0.1, 0.15) is 45.4 Å². The van der Waals surface area contributed by atoms with Gasteiger partial charge in [0.05, 0.1) is 0 Å². The topological polar surface area (TPSA) is 0 Å². The molecule has 0 heterocycles. The SMILES string of the molecule is CCCCCC/C=C/CCI. The van der Waals surface area contributed by atoms with E-state index >= 15 is 0 Å². The molecule has 0 amide bonds. The van der Waals surface area contributed by atoms with Crippen LogP contribution < -0.4 is 0 Å². The molecule has 0 aliphatic heterocycles. The summed E-state index contributed by atoms with van der Waals surface area (Å²) in [6, 6.07) is 0. The Bertz CT molecular complexity index is 86.9. The largest absolute Gasteiger partial charge is 0.0885 e. The van der Waals surface area contributed by atoms with Crippen molar-refractivity contribution in [2.75, 3.05) is 4.43 Å². The molecule has 66 valence electrons. The van der Waals surface area contributed by atoms with Crippen molar-refractivity contribution < 1.29 is 0 Å². The number of alkyl halides is 1. The first-order valence-electron chi connectivity index (χ1n) is 4.62. The van der Waals surface area contributed by atoms with Crippen LogP contribution in [-0.2, 0) is 0 Å². The maximum Gasteiger partial charge on any atom is 0.00299 e. The summed E-state index contributed by atoms with van der Waals surface area (Å²) in [4.78, 5) is 0. The molecule has 11 heavy (non-hydrogen) atoms. The molecule has 0 aromatic heterocycles. The fraction of sp³-hybridized carbons (Fsp3) is 0.800. The lowest BCUT2D eigenvalue weighted by Crippen LogP contribution is -1.74. The zero-order valence-corrected chi connectivity index (χ0v) is 9.64. The lowest BCUT2D eigenvalue weighted by atomic mass is 10.1. The second-order valence-corrected chi connectivity index (χ2v) is 3.88. The Morgan fingerprint density at radius 2 is 1.73 bits per heavy atom. The summed E-state index contributed by atoms with van der Waals surface area (Å²) in [6.45, 7) is 2.26. The maximum atomic E-state index is 2.41. The monoisotopic (exact) mass is 266 g/mol. The highest BCUT2D eigenvalue weighted by Gasteiger charge is 1.83. The van der Waals surface area contributed by atoms with Crippen molar-refractivity contribution in [1.82, 2.24) is 0 Å². The van der Waals surface area contributed by atoms with Crippen LogP contribution in [0.25, 0.3) is 0 Å². The predicted molar refractivity (Wildman–Crippen MR) is 61.4 cm³/mol. The minimum absolute atomic E-state index is 1.24. The van der Waals surface area contributed by atoms with Crippen molar-refractivity contribution in [1.29, 1.82) is 0 Å². The first-order valence-corrected chi connectivity index (χ1v) is 6.15. The van der Waals surface area contributed by atoms with Gasteiger partial charge < -0.3 is 0 Å². The Balaban J connectivity index is 2.89. The van der Waals surface area contributed by atoms with Gasteiger partial charge in [-0.3, -0.25) is 0 Å². The molecular weight excluding hydrogens is 247 g/mol. The van der Waals surface area contributed by atoms with Crippen LogP contribution in [0.4, 0.5) is 0 Å². The molecule has 1 heteroatoms. The van der Waals surface area contributed by atoms with Gasteiger partial charge in [0.15, 0.2) is 0 Å². The van der Waals surface area contributed by atoms with E-state index in [1.165, 1.54) is 43.0 Å². The lowest BCUT2D eigenvalue weighted by Gasteiger charge is -1.93. The van der Waals surface area contributed by atoms with Gasteiger partial charge in [-0.15, -0.1) is 0 Å². The number of unbranched alkanes of at least 4 members (excludes halogenated alkanes) is 4. The molecule has 0 unspecified atom stereocenters. The van der Waals surface area contributed by atoms with E-state index in [9.17, 15) is 0 Å². The van der Waals surface area contributed by atoms with Gasteiger partial charge in [-0.25, -0.2) is 0 Å². The summed E-state index contributed by atoms with van der Waals surface area (Å²) < 4.78 is 1.25. The quantitative estimate of drug-likeness (QED) is 0.278. The molecule has 0 spiro atoms. The zero-order valence-electron chi connectivity index (χ0n) is 7.48. The highest BCUT2D eigenvalue weighted by molar-refractivity contribution is 14.1. The highest BCUT2D eigenvalue weighted by atomic mass is 127. The summed E-state index contributed by atoms with van der Waals surface area (Å²) in [6.07, 6.45) is 12.7. The first-order chi connectivity index (χ1) is 5.41. The van der Waals surface area contributed by atoms with Gasteiger partial charge in [0, 0.05) is 4.43 Å². The van der Waals surface area contributed by atoms with Crippen LogP contribution in [0.5, 0.6) is 0 Å². The van der Waals surface area contributed by atoms with Crippen LogP contribution in [0.3, 0.4) is 0 Å². The van der Waals surface area contributed by atoms with E-state index in [1.54, 1.807) is 0 Å². The van der Waals surface area contributed by atoms with E-state index in [0.29, 0.717) is 0 Å². The molecule has 0 saturated carbocycles. The van der Waals surface area contributed by atoms with Crippen LogP contribution in [0.2, 0.25) is 0 Å². The van der Waals surface area contributed by atoms with E-state index in [0.717, 1.165) is 0 Å². The molecule has 0 saturated heterocycles. The van der Waals surface area contributed by atoms with E-state index < -0.39 is 0 Å². The molecule has 0 nitrogen and oxygen atoms in total. The summed E-state index contributed by atoms with van der Waals surface area (Å²) in [7, 11) is 0. The lowest BCUT2D eigenvalue weighted by molar-refractivity contribution is 0.674. The average Bonchev–Trinajstić information content (AvgIpc) is 2.03. The smallest absolute Gasteiger partial charge is 0.00299 e. The minimum Gasteiger partial charge on any atom is -0.0885 e. The van der Waals surface area contributed by atoms with Crippen molar-refractivity contribution in [2.24, 2.45) is 0 Å². The van der Waals surface area contributed by atoms with Gasteiger partial charge in [0.2, 0.25) is 0 Å². The molecule has 0 aliphatic carbocycles. The molecule has 0 N–H and O–H groups in total. The summed E-state index contributed by atoms with van der Waals surface area (Å²) in [5.74, 6) is 0. The standard InChI is InChI=1S/C10H19I/c1-2-3-4-5-6-7-8-9-10-11/h7-8H,2-6,9-10H2,1H3/b8-7+. The minimum atomic E-state index is 1.24. The Morgan fingerprint density at radius 1 is 1.00 bits per heavy atom. The Kier molecular flexibility index (Phi) is 10.9. The molecule has 0 aromatic rings. The highest BCUT2D eigenvalue weighted by Crippen LogP contribution is 2.03. The van der Waals surface area contributed by atoms with Gasteiger partial charge in [-0.2, -0.15) is 0 Å². The molecule has 0 aromatic carbocycles. The first kappa shape index (κ1) is 11.5. The summed E-state index contributed by atoms with van der Waals surface area (Å²) >= 11 is 2.41. The molecule has 0 aliphatic rings. The van der Waals surface area contributed by atoms with Crippen LogP contribution in [-0.4, -0.2) is 4.43 Å². The normalized spacial score (nSPS) is 11.1. The van der Waals surface area contributed by atoms with Gasteiger partial charge in [-0.05, 0) is 19.3 Å². The molecule has 0 atom stereocenters. The fourth-order valence-electron chi connectivity index (χ4n) is 0.988. The molecule has 0 bridgehead atoms. The number of allylic oxidation sites excluding steroid dienone is 2. The van der Waals surface area contributed by atoms with Gasteiger partial charge in [0.1, 0.15) is 0 Å². The van der Waals surface area contributed by atoms with Crippen LogP contribution in [0, 0.1) is 0 Å². The molecule has 0 fully saturated rings. The van der Waals surface area contributed by atoms with Gasteiger partial charge in [0.25, 0.3) is 0 Å². The molecule has 0 rings (SSSR count). The van der Waals surface area contributed by atoms with E-state index in [-0.39, 0.29) is 0 Å². The van der Waals surface area contributed by atoms with Crippen molar-refractivity contribution in [2.45, 2.75) is 45.4 Å². The Hall–Kier alpha value is 0.470. The number of hydrogen-bond donors (Lipinski definition) is 0. The maximum absolute atomic E-state index is 2.41. The second kappa shape index (κ2) is 10.5. The summed E-state index contributed by atoms with van der Waals surface area (Å²) in [5, 5.41) is 0. The van der Waals surface area contributed by atoms with E-state index in [2.05, 4.69) is 41.7 Å². The van der Waals surface area contributed by atoms with E-state index in [4.69, 9.17) is 0 Å². The van der Waals surface area contributed by atoms with Crippen molar-refractivity contribution in [3.8, 4) is 0 Å². The number of hydrogen-bond acceptors (Lipinski definition) is 0. The Labute approximate surface area is 84.6 Å². The third-order valence-corrected chi connectivity index (χ3v) is 2.29. The average molecular weight is 266 g/mol. The third kappa shape index (κ3) is 10.5. The van der Waals surface area contributed by atoms with Crippen molar-refractivity contribution in [3.63, 3.8) is 0 Å². The van der Waals surface area contributed by atoms with Gasteiger partial charge in [-0.1, -0.05) is 60.9 Å². The number of halogens is 1. The fourth-order valence-corrected chi connectivity index (χ4v) is 1.35. The third-order valence-electron chi connectivity index (χ3n) is 1.67. The molecule has 0 radical (unpaired) electrons. The number of rotatable bonds is 7. The summed E-state index contributed by atoms with van der Waals surface area (Å²) in [5.41, 5.74) is 0. The van der Waals surface area contributed by atoms with Crippen LogP contribution in [0.15, 0.2) is 12.2 Å². The predicted octanol–water partition coefficient (Wildman–Crippen LogP) is 4.34. The van der Waals surface area contributed by atoms with E-state index in [1.807, 2.05) is 0 Å². The van der Waals surface area contributed by atoms with Crippen LogP contribution >= 0.6 is 22.6 Å². The van der Waals surface area contributed by atoms with Crippen molar-refractivity contribution in [3.05, 3.63) is 12.2 Å².